The van der Waals surface area contributed by atoms with Gasteiger partial charge in [0.05, 0.1) is 5.75 Å². The molecule has 2 rings (SSSR count). The second-order valence-electron chi connectivity index (χ2n) is 5.08. The maximum Gasteiger partial charge on any atom is 0.230 e. The number of hydrogen-bond donors (Lipinski definition) is 1. The summed E-state index contributed by atoms with van der Waals surface area (Å²) in [7, 11) is 0. The van der Waals surface area contributed by atoms with E-state index in [1.807, 2.05) is 6.07 Å². The number of carbonyl (C=O) groups is 1. The van der Waals surface area contributed by atoms with Crippen molar-refractivity contribution in [1.82, 2.24) is 5.32 Å². The van der Waals surface area contributed by atoms with Crippen LogP contribution in [-0.4, -0.2) is 24.0 Å². The van der Waals surface area contributed by atoms with Crippen LogP contribution >= 0.6 is 23.5 Å². The molecule has 24 heavy (non-hydrogen) atoms. The van der Waals surface area contributed by atoms with Crippen molar-refractivity contribution < 1.29 is 13.6 Å². The van der Waals surface area contributed by atoms with Crippen molar-refractivity contribution in [2.75, 3.05) is 18.1 Å². The lowest BCUT2D eigenvalue weighted by Gasteiger charge is -2.06. The molecule has 2 nitrogen and oxygen atoms in total. The summed E-state index contributed by atoms with van der Waals surface area (Å²) in [5, 5.41) is 2.82. The van der Waals surface area contributed by atoms with Gasteiger partial charge in [0, 0.05) is 23.8 Å². The summed E-state index contributed by atoms with van der Waals surface area (Å²) in [5.74, 6) is 1.58. The van der Waals surface area contributed by atoms with Crippen LogP contribution in [0.4, 0.5) is 8.78 Å². The van der Waals surface area contributed by atoms with Gasteiger partial charge in [0.2, 0.25) is 5.91 Å². The van der Waals surface area contributed by atoms with E-state index >= 15 is 0 Å². The highest BCUT2D eigenvalue weighted by Gasteiger charge is 2.05. The minimum Gasteiger partial charge on any atom is -0.355 e. The van der Waals surface area contributed by atoms with E-state index in [9.17, 15) is 13.6 Å². The van der Waals surface area contributed by atoms with E-state index in [0.717, 1.165) is 5.75 Å². The predicted molar refractivity (Wildman–Crippen MR) is 98.1 cm³/mol. The van der Waals surface area contributed by atoms with Crippen molar-refractivity contribution in [2.24, 2.45) is 0 Å². The van der Waals surface area contributed by atoms with Crippen molar-refractivity contribution in [3.05, 3.63) is 71.3 Å². The largest absolute Gasteiger partial charge is 0.355 e. The molecule has 1 N–H and O–H groups in total. The Morgan fingerprint density at radius 2 is 1.42 bits per heavy atom. The Labute approximate surface area is 149 Å². The van der Waals surface area contributed by atoms with Gasteiger partial charge in [-0.15, -0.1) is 11.8 Å². The molecule has 0 heterocycles. The predicted octanol–water partition coefficient (Wildman–Crippen LogP) is 4.25. The number of amides is 1. The van der Waals surface area contributed by atoms with E-state index < -0.39 is 0 Å². The molecule has 0 unspecified atom stereocenters. The number of nitrogens with one attached hydrogen (secondary N) is 1. The molecule has 0 aliphatic rings. The summed E-state index contributed by atoms with van der Waals surface area (Å²) >= 11 is 2.96. The van der Waals surface area contributed by atoms with Gasteiger partial charge < -0.3 is 5.32 Å². The van der Waals surface area contributed by atoms with E-state index in [4.69, 9.17) is 0 Å². The molecule has 0 saturated carbocycles. The Morgan fingerprint density at radius 3 is 2.00 bits per heavy atom. The first kappa shape index (κ1) is 18.8. The van der Waals surface area contributed by atoms with Gasteiger partial charge in [-0.25, -0.2) is 8.78 Å². The van der Waals surface area contributed by atoms with E-state index in [1.54, 1.807) is 42.1 Å². The van der Waals surface area contributed by atoms with Crippen molar-refractivity contribution in [2.45, 2.75) is 11.5 Å². The molecule has 0 radical (unpaired) electrons. The highest BCUT2D eigenvalue weighted by atomic mass is 32.2. The normalized spacial score (nSPS) is 10.6. The van der Waals surface area contributed by atoms with E-state index in [1.165, 1.54) is 23.9 Å². The summed E-state index contributed by atoms with van der Waals surface area (Å²) in [5.41, 5.74) is 1.28. The number of rotatable bonds is 9. The zero-order valence-electron chi connectivity index (χ0n) is 13.1. The van der Waals surface area contributed by atoms with Gasteiger partial charge in [0.25, 0.3) is 0 Å². The molecular weight excluding hydrogens is 348 g/mol. The number of thioether (sulfide) groups is 2. The second kappa shape index (κ2) is 10.4. The van der Waals surface area contributed by atoms with Crippen LogP contribution in [0.1, 0.15) is 11.1 Å². The fraction of sp³-hybridized carbons (Fsp3) is 0.278. The van der Waals surface area contributed by atoms with E-state index in [-0.39, 0.29) is 17.5 Å². The van der Waals surface area contributed by atoms with Crippen LogP contribution in [0, 0.1) is 11.6 Å². The summed E-state index contributed by atoms with van der Waals surface area (Å²) in [6.07, 6.45) is 0. The Kier molecular flexibility index (Phi) is 8.12. The molecule has 0 bridgehead atoms. The quantitative estimate of drug-likeness (QED) is 0.672. The molecule has 0 aliphatic heterocycles. The molecule has 2 aromatic rings. The highest BCUT2D eigenvalue weighted by molar-refractivity contribution is 7.99. The molecule has 0 spiro atoms. The number of benzene rings is 2. The molecule has 0 saturated heterocycles. The molecule has 2 aromatic carbocycles. The summed E-state index contributed by atoms with van der Waals surface area (Å²) in [4.78, 5) is 11.7. The fourth-order valence-electron chi connectivity index (χ4n) is 1.98. The van der Waals surface area contributed by atoms with Gasteiger partial charge in [0.15, 0.2) is 0 Å². The molecule has 128 valence electrons. The molecule has 0 atom stereocenters. The topological polar surface area (TPSA) is 29.1 Å². The molecule has 0 aliphatic carbocycles. The number of halogens is 2. The van der Waals surface area contributed by atoms with Crippen LogP contribution in [0.25, 0.3) is 0 Å². The van der Waals surface area contributed by atoms with Crippen LogP contribution in [0.15, 0.2) is 48.5 Å². The Bertz CT molecular complexity index is 667. The van der Waals surface area contributed by atoms with E-state index in [2.05, 4.69) is 5.32 Å². The van der Waals surface area contributed by atoms with Crippen molar-refractivity contribution in [1.29, 1.82) is 0 Å². The lowest BCUT2D eigenvalue weighted by molar-refractivity contribution is -0.118. The minimum absolute atomic E-state index is 0.0668. The van der Waals surface area contributed by atoms with Crippen LogP contribution < -0.4 is 5.32 Å². The summed E-state index contributed by atoms with van der Waals surface area (Å²) < 4.78 is 26.8. The van der Waals surface area contributed by atoms with Gasteiger partial charge >= 0.3 is 0 Å². The SMILES string of the molecule is O=C(CSCc1ccccc1F)NCCSCc1ccccc1F. The molecule has 0 aromatic heterocycles. The van der Waals surface area contributed by atoms with E-state index in [0.29, 0.717) is 34.9 Å². The first-order valence-corrected chi connectivity index (χ1v) is 9.87. The molecular formula is C18H19F2NOS2. The van der Waals surface area contributed by atoms with Crippen LogP contribution in [-0.2, 0) is 16.3 Å². The lowest BCUT2D eigenvalue weighted by atomic mass is 10.2. The van der Waals surface area contributed by atoms with Crippen LogP contribution in [0.2, 0.25) is 0 Å². The molecule has 1 amide bonds. The first-order chi connectivity index (χ1) is 11.7. The number of hydrogen-bond acceptors (Lipinski definition) is 3. The molecule has 6 heteroatoms. The third-order valence-electron chi connectivity index (χ3n) is 3.23. The molecule has 0 fully saturated rings. The summed E-state index contributed by atoms with van der Waals surface area (Å²) in [6.45, 7) is 0.540. The van der Waals surface area contributed by atoms with Gasteiger partial charge in [-0.3, -0.25) is 4.79 Å². The van der Waals surface area contributed by atoms with Crippen LogP contribution in [0.5, 0.6) is 0 Å². The Morgan fingerprint density at radius 1 is 0.875 bits per heavy atom. The van der Waals surface area contributed by atoms with Crippen molar-refractivity contribution >= 4 is 29.4 Å². The zero-order valence-corrected chi connectivity index (χ0v) is 14.8. The zero-order chi connectivity index (χ0) is 17.2. The van der Waals surface area contributed by atoms with Gasteiger partial charge in [0.1, 0.15) is 11.6 Å². The lowest BCUT2D eigenvalue weighted by Crippen LogP contribution is -2.27. The van der Waals surface area contributed by atoms with Crippen molar-refractivity contribution in [3.63, 3.8) is 0 Å². The standard InChI is InChI=1S/C18H19F2NOS2/c19-16-7-3-1-5-14(16)11-23-10-9-21-18(22)13-24-12-15-6-2-4-8-17(15)20/h1-8H,9-13H2,(H,21,22). The first-order valence-electron chi connectivity index (χ1n) is 7.56. The smallest absolute Gasteiger partial charge is 0.230 e. The third-order valence-corrected chi connectivity index (χ3v) is 5.22. The average Bonchev–Trinajstić information content (AvgIpc) is 2.58. The fourth-order valence-corrected chi connectivity index (χ4v) is 3.67. The Balaban J connectivity index is 1.55. The number of carbonyl (C=O) groups excluding carboxylic acids is 1. The monoisotopic (exact) mass is 367 g/mol. The average molecular weight is 367 g/mol. The maximum atomic E-state index is 13.4. The maximum absolute atomic E-state index is 13.4. The van der Waals surface area contributed by atoms with Gasteiger partial charge in [-0.2, -0.15) is 11.8 Å². The third kappa shape index (κ3) is 6.53. The van der Waals surface area contributed by atoms with Crippen molar-refractivity contribution in [3.8, 4) is 0 Å². The van der Waals surface area contributed by atoms with Gasteiger partial charge in [-0.1, -0.05) is 36.4 Å². The Hall–Kier alpha value is -1.53. The van der Waals surface area contributed by atoms with Crippen LogP contribution in [0.3, 0.4) is 0 Å². The minimum atomic E-state index is -0.241. The van der Waals surface area contributed by atoms with Gasteiger partial charge in [-0.05, 0) is 23.3 Å². The highest BCUT2D eigenvalue weighted by Crippen LogP contribution is 2.16. The second-order valence-corrected chi connectivity index (χ2v) is 7.17. The summed E-state index contributed by atoms with van der Waals surface area (Å²) in [6, 6.07) is 13.3.